The number of nitrogens with one attached hydrogen (secondary N) is 1. The Morgan fingerprint density at radius 3 is 2.75 bits per heavy atom. The van der Waals surface area contributed by atoms with Crippen molar-refractivity contribution in [3.05, 3.63) is 41.6 Å². The normalized spacial score (nSPS) is 16.5. The molecule has 1 fully saturated rings. The third-order valence-electron chi connectivity index (χ3n) is 5.05. The van der Waals surface area contributed by atoms with Crippen molar-refractivity contribution < 1.29 is 14.3 Å². The maximum absolute atomic E-state index is 12.8. The molecule has 8 heteroatoms. The second-order valence-electron chi connectivity index (χ2n) is 6.88. The zero-order valence-electron chi connectivity index (χ0n) is 16.1. The first kappa shape index (κ1) is 18.5. The molecule has 0 radical (unpaired) electrons. The summed E-state index contributed by atoms with van der Waals surface area (Å²) in [6, 6.07) is 7.53. The Morgan fingerprint density at radius 2 is 2.00 bits per heavy atom. The Balaban J connectivity index is 1.46. The molecule has 0 bridgehead atoms. The average molecular weight is 383 g/mol. The minimum Gasteiger partial charge on any atom is -0.497 e. The molecule has 2 aliphatic heterocycles. The second-order valence-corrected chi connectivity index (χ2v) is 6.88. The van der Waals surface area contributed by atoms with Gasteiger partial charge < -0.3 is 19.7 Å². The van der Waals surface area contributed by atoms with Gasteiger partial charge in [0.15, 0.2) is 0 Å². The number of anilines is 2. The van der Waals surface area contributed by atoms with Crippen LogP contribution in [0.2, 0.25) is 0 Å². The van der Waals surface area contributed by atoms with Crippen molar-refractivity contribution in [3.63, 3.8) is 0 Å². The van der Waals surface area contributed by atoms with Gasteiger partial charge in [0, 0.05) is 37.9 Å². The van der Waals surface area contributed by atoms with Crippen LogP contribution < -0.4 is 19.9 Å². The van der Waals surface area contributed by atoms with E-state index in [1.807, 2.05) is 30.5 Å². The molecule has 1 aromatic heterocycles. The van der Waals surface area contributed by atoms with Crippen molar-refractivity contribution in [1.82, 2.24) is 15.3 Å². The van der Waals surface area contributed by atoms with E-state index in [4.69, 9.17) is 14.5 Å². The average Bonchev–Trinajstić information content (AvgIpc) is 2.77. The van der Waals surface area contributed by atoms with Crippen molar-refractivity contribution in [1.29, 1.82) is 0 Å². The summed E-state index contributed by atoms with van der Waals surface area (Å²) in [5.41, 5.74) is 2.03. The molecular formula is C20H25N5O3. The van der Waals surface area contributed by atoms with Crippen LogP contribution in [-0.4, -0.2) is 56.0 Å². The molecule has 2 aliphatic rings. The predicted octanol–water partition coefficient (Wildman–Crippen LogP) is 1.98. The van der Waals surface area contributed by atoms with Crippen LogP contribution >= 0.6 is 0 Å². The molecule has 1 N–H and O–H groups in total. The molecule has 28 heavy (non-hydrogen) atoms. The first-order chi connectivity index (χ1) is 13.7. The van der Waals surface area contributed by atoms with Crippen LogP contribution in [0, 0.1) is 0 Å². The molecule has 3 heterocycles. The molecular weight excluding hydrogens is 358 g/mol. The largest absolute Gasteiger partial charge is 0.497 e. The number of nitrogens with zero attached hydrogens (tertiary/aromatic N) is 4. The van der Waals surface area contributed by atoms with E-state index < -0.39 is 0 Å². The van der Waals surface area contributed by atoms with Gasteiger partial charge >= 0.3 is 6.03 Å². The van der Waals surface area contributed by atoms with E-state index in [1.165, 1.54) is 0 Å². The van der Waals surface area contributed by atoms with E-state index in [0.29, 0.717) is 32.3 Å². The number of carbonyl (C=O) groups excluding carboxylic acids is 1. The topological polar surface area (TPSA) is 79.8 Å². The first-order valence-electron chi connectivity index (χ1n) is 9.61. The Morgan fingerprint density at radius 1 is 1.21 bits per heavy atom. The molecule has 0 spiro atoms. The highest BCUT2D eigenvalue weighted by atomic mass is 16.5. The molecule has 0 aliphatic carbocycles. The fraction of sp³-hybridized carbons (Fsp3) is 0.450. The molecule has 8 nitrogen and oxygen atoms in total. The van der Waals surface area contributed by atoms with Crippen molar-refractivity contribution in [2.24, 2.45) is 0 Å². The summed E-state index contributed by atoms with van der Waals surface area (Å²) in [4.78, 5) is 25.9. The number of aryl methyl sites for hydroxylation is 1. The van der Waals surface area contributed by atoms with Crippen molar-refractivity contribution in [3.8, 4) is 5.75 Å². The standard InChI is InChI=1S/C20H25N5O3/c1-27-17-6-4-15(5-7-17)13-22-20(26)25-8-2-3-16-14-21-19(23-18(16)25)24-9-11-28-12-10-24/h4-7,14H,2-3,8-13H2,1H3,(H,22,26). The lowest BCUT2D eigenvalue weighted by Gasteiger charge is -2.31. The Labute approximate surface area is 164 Å². The van der Waals surface area contributed by atoms with Gasteiger partial charge in [0.2, 0.25) is 5.95 Å². The van der Waals surface area contributed by atoms with Gasteiger partial charge in [0.1, 0.15) is 11.6 Å². The molecule has 0 atom stereocenters. The van der Waals surface area contributed by atoms with Gasteiger partial charge in [-0.05, 0) is 30.5 Å². The lowest BCUT2D eigenvalue weighted by atomic mass is 10.1. The molecule has 0 unspecified atom stereocenters. The zero-order valence-corrected chi connectivity index (χ0v) is 16.1. The van der Waals surface area contributed by atoms with Crippen LogP contribution in [0.3, 0.4) is 0 Å². The number of methoxy groups -OCH3 is 1. The highest BCUT2D eigenvalue weighted by Crippen LogP contribution is 2.26. The number of rotatable bonds is 4. The maximum Gasteiger partial charge on any atom is 0.323 e. The number of ether oxygens (including phenoxy) is 2. The number of morpholine rings is 1. The van der Waals surface area contributed by atoms with Crippen LogP contribution in [0.4, 0.5) is 16.6 Å². The summed E-state index contributed by atoms with van der Waals surface area (Å²) in [5.74, 6) is 2.18. The molecule has 1 aromatic carbocycles. The number of urea groups is 1. The van der Waals surface area contributed by atoms with Crippen LogP contribution in [0.1, 0.15) is 17.5 Å². The van der Waals surface area contributed by atoms with Crippen molar-refractivity contribution in [2.75, 3.05) is 49.8 Å². The predicted molar refractivity (Wildman–Crippen MR) is 106 cm³/mol. The smallest absolute Gasteiger partial charge is 0.323 e. The Bertz CT molecular complexity index is 821. The first-order valence-corrected chi connectivity index (χ1v) is 9.61. The van der Waals surface area contributed by atoms with E-state index in [0.717, 1.165) is 48.6 Å². The SMILES string of the molecule is COc1ccc(CNC(=O)N2CCCc3cnc(N4CCOCC4)nc32)cc1. The molecule has 4 rings (SSSR count). The van der Waals surface area contributed by atoms with Crippen LogP contribution in [0.25, 0.3) is 0 Å². The highest BCUT2D eigenvalue weighted by Gasteiger charge is 2.26. The number of hydrogen-bond acceptors (Lipinski definition) is 6. The summed E-state index contributed by atoms with van der Waals surface area (Å²) >= 11 is 0. The van der Waals surface area contributed by atoms with Crippen LogP contribution in [0.15, 0.2) is 30.5 Å². The summed E-state index contributed by atoms with van der Waals surface area (Å²) in [5, 5.41) is 3.00. The lowest BCUT2D eigenvalue weighted by Crippen LogP contribution is -2.44. The van der Waals surface area contributed by atoms with Gasteiger partial charge in [0.25, 0.3) is 0 Å². The van der Waals surface area contributed by atoms with Gasteiger partial charge in [-0.2, -0.15) is 4.98 Å². The number of benzene rings is 1. The van der Waals surface area contributed by atoms with Crippen molar-refractivity contribution in [2.45, 2.75) is 19.4 Å². The van der Waals surface area contributed by atoms with Gasteiger partial charge in [0.05, 0.1) is 20.3 Å². The second kappa shape index (κ2) is 8.43. The van der Waals surface area contributed by atoms with Gasteiger partial charge in [-0.25, -0.2) is 9.78 Å². The molecule has 0 saturated carbocycles. The number of carbonyl (C=O) groups is 1. The van der Waals surface area contributed by atoms with Crippen LogP contribution in [0.5, 0.6) is 5.75 Å². The van der Waals surface area contributed by atoms with Gasteiger partial charge in [-0.3, -0.25) is 4.90 Å². The van der Waals surface area contributed by atoms with Gasteiger partial charge in [-0.1, -0.05) is 12.1 Å². The highest BCUT2D eigenvalue weighted by molar-refractivity contribution is 5.92. The Kier molecular flexibility index (Phi) is 5.57. The minimum atomic E-state index is -0.136. The van der Waals surface area contributed by atoms with E-state index in [1.54, 1.807) is 12.0 Å². The third-order valence-corrected chi connectivity index (χ3v) is 5.05. The maximum atomic E-state index is 12.8. The quantitative estimate of drug-likeness (QED) is 0.870. The molecule has 148 valence electrons. The van der Waals surface area contributed by atoms with E-state index in [9.17, 15) is 4.79 Å². The van der Waals surface area contributed by atoms with E-state index in [2.05, 4.69) is 15.2 Å². The molecule has 2 amide bonds. The monoisotopic (exact) mass is 383 g/mol. The summed E-state index contributed by atoms with van der Waals surface area (Å²) in [6.45, 7) is 3.99. The number of aromatic nitrogens is 2. The van der Waals surface area contributed by atoms with E-state index >= 15 is 0 Å². The number of fused-ring (bicyclic) bond motifs is 1. The van der Waals surface area contributed by atoms with Gasteiger partial charge in [-0.15, -0.1) is 0 Å². The third kappa shape index (κ3) is 4.01. The van der Waals surface area contributed by atoms with E-state index in [-0.39, 0.29) is 6.03 Å². The Hall–Kier alpha value is -2.87. The lowest BCUT2D eigenvalue weighted by molar-refractivity contribution is 0.122. The molecule has 2 aromatic rings. The summed E-state index contributed by atoms with van der Waals surface area (Å²) in [6.07, 6.45) is 3.65. The fourth-order valence-electron chi connectivity index (χ4n) is 3.46. The number of amides is 2. The van der Waals surface area contributed by atoms with Crippen LogP contribution in [-0.2, 0) is 17.7 Å². The number of hydrogen-bond donors (Lipinski definition) is 1. The molecule has 1 saturated heterocycles. The van der Waals surface area contributed by atoms with Crippen molar-refractivity contribution >= 4 is 17.8 Å². The zero-order chi connectivity index (χ0) is 19.3. The summed E-state index contributed by atoms with van der Waals surface area (Å²) < 4.78 is 10.6. The summed E-state index contributed by atoms with van der Waals surface area (Å²) in [7, 11) is 1.64. The minimum absolute atomic E-state index is 0.136. The fourth-order valence-corrected chi connectivity index (χ4v) is 3.46.